The highest BCUT2D eigenvalue weighted by atomic mass is 35.5. The van der Waals surface area contributed by atoms with Gasteiger partial charge in [0.1, 0.15) is 0 Å². The maximum Gasteiger partial charge on any atom is 0.293 e. The molecule has 3 nitrogen and oxygen atoms in total. The number of halogens is 1. The van der Waals surface area contributed by atoms with Gasteiger partial charge in [-0.2, -0.15) is 0 Å². The Morgan fingerprint density at radius 2 is 2.21 bits per heavy atom. The molecule has 0 bridgehead atoms. The molecule has 0 aliphatic carbocycles. The highest BCUT2D eigenvalue weighted by Crippen LogP contribution is 2.15. The fourth-order valence-electron chi connectivity index (χ4n) is 0.834. The standard InChI is InChI=1S/C10H6ClNO2/c11-9-5-7(2-4-10(12)14)1-3-8(9)6-13/h1,3,5-6H,(H2,12,14). The van der Waals surface area contributed by atoms with Crippen LogP contribution >= 0.6 is 11.6 Å². The molecular weight excluding hydrogens is 202 g/mol. The molecule has 70 valence electrons. The van der Waals surface area contributed by atoms with Crippen molar-refractivity contribution in [2.24, 2.45) is 5.73 Å². The van der Waals surface area contributed by atoms with Crippen LogP contribution in [0.25, 0.3) is 0 Å². The smallest absolute Gasteiger partial charge is 0.293 e. The van der Waals surface area contributed by atoms with Crippen LogP contribution in [0.15, 0.2) is 18.2 Å². The fourth-order valence-corrected chi connectivity index (χ4v) is 1.06. The monoisotopic (exact) mass is 207 g/mol. The molecule has 1 amide bonds. The predicted octanol–water partition coefficient (Wildman–Crippen LogP) is 0.989. The van der Waals surface area contributed by atoms with Crippen LogP contribution in [0.5, 0.6) is 0 Å². The van der Waals surface area contributed by atoms with E-state index in [9.17, 15) is 9.59 Å². The van der Waals surface area contributed by atoms with Gasteiger partial charge in [-0.3, -0.25) is 9.59 Å². The van der Waals surface area contributed by atoms with Gasteiger partial charge in [-0.1, -0.05) is 17.5 Å². The molecule has 1 aromatic carbocycles. The molecule has 0 radical (unpaired) electrons. The average molecular weight is 208 g/mol. The minimum absolute atomic E-state index is 0.302. The summed E-state index contributed by atoms with van der Waals surface area (Å²) in [5, 5.41) is 0.302. The molecule has 2 N–H and O–H groups in total. The van der Waals surface area contributed by atoms with Gasteiger partial charge in [0.05, 0.1) is 5.02 Å². The third-order valence-corrected chi connectivity index (χ3v) is 1.78. The van der Waals surface area contributed by atoms with Gasteiger partial charge in [0.2, 0.25) is 0 Å². The maximum atomic E-state index is 10.4. The lowest BCUT2D eigenvalue weighted by Gasteiger charge is -1.95. The zero-order chi connectivity index (χ0) is 10.6. The van der Waals surface area contributed by atoms with E-state index in [1.807, 2.05) is 0 Å². The maximum absolute atomic E-state index is 10.4. The number of carbonyl (C=O) groups is 2. The molecule has 0 saturated heterocycles. The Labute approximate surface area is 85.9 Å². The minimum atomic E-state index is -0.708. The van der Waals surface area contributed by atoms with E-state index in [1.54, 1.807) is 6.07 Å². The summed E-state index contributed by atoms with van der Waals surface area (Å²) in [7, 11) is 0. The highest BCUT2D eigenvalue weighted by molar-refractivity contribution is 6.33. The molecule has 0 saturated carbocycles. The van der Waals surface area contributed by atoms with Crippen molar-refractivity contribution >= 4 is 23.8 Å². The molecule has 0 aliphatic heterocycles. The normalized spacial score (nSPS) is 8.64. The third kappa shape index (κ3) is 2.61. The van der Waals surface area contributed by atoms with Gasteiger partial charge in [0.25, 0.3) is 5.91 Å². The Hall–Kier alpha value is -1.79. The molecule has 0 fully saturated rings. The van der Waals surface area contributed by atoms with Crippen molar-refractivity contribution in [3.05, 3.63) is 34.3 Å². The molecule has 0 heterocycles. The quantitative estimate of drug-likeness (QED) is 0.552. The molecule has 0 aliphatic rings. The van der Waals surface area contributed by atoms with Gasteiger partial charge in [-0.25, -0.2) is 0 Å². The van der Waals surface area contributed by atoms with E-state index >= 15 is 0 Å². The zero-order valence-electron chi connectivity index (χ0n) is 7.08. The van der Waals surface area contributed by atoms with Crippen LogP contribution in [0.4, 0.5) is 0 Å². The van der Waals surface area contributed by atoms with E-state index in [1.165, 1.54) is 12.1 Å². The summed E-state index contributed by atoms with van der Waals surface area (Å²) in [5.74, 6) is 3.97. The lowest BCUT2D eigenvalue weighted by Crippen LogP contribution is -2.06. The van der Waals surface area contributed by atoms with E-state index in [-0.39, 0.29) is 0 Å². The van der Waals surface area contributed by atoms with Gasteiger partial charge in [0.15, 0.2) is 6.29 Å². The number of benzene rings is 1. The van der Waals surface area contributed by atoms with E-state index < -0.39 is 5.91 Å². The van der Waals surface area contributed by atoms with E-state index in [0.29, 0.717) is 22.4 Å². The van der Waals surface area contributed by atoms with Gasteiger partial charge in [-0.05, 0) is 24.1 Å². The van der Waals surface area contributed by atoms with Crippen molar-refractivity contribution in [2.75, 3.05) is 0 Å². The number of aldehydes is 1. The van der Waals surface area contributed by atoms with Crippen molar-refractivity contribution < 1.29 is 9.59 Å². The van der Waals surface area contributed by atoms with E-state index in [2.05, 4.69) is 11.8 Å². The first-order valence-electron chi connectivity index (χ1n) is 3.69. The Morgan fingerprint density at radius 1 is 1.50 bits per heavy atom. The Bertz CT molecular complexity index is 443. The minimum Gasteiger partial charge on any atom is -0.359 e. The third-order valence-electron chi connectivity index (χ3n) is 1.46. The second kappa shape index (κ2) is 4.45. The van der Waals surface area contributed by atoms with Crippen LogP contribution < -0.4 is 5.73 Å². The molecule has 1 rings (SSSR count). The van der Waals surface area contributed by atoms with Gasteiger partial charge < -0.3 is 5.73 Å². The lowest BCUT2D eigenvalue weighted by molar-refractivity contribution is -0.112. The summed E-state index contributed by atoms with van der Waals surface area (Å²) in [6, 6.07) is 4.62. The molecule has 1 aromatic rings. The molecule has 0 spiro atoms. The number of hydrogen-bond acceptors (Lipinski definition) is 2. The number of primary amides is 1. The molecule has 4 heteroatoms. The van der Waals surface area contributed by atoms with Crippen LogP contribution in [0.1, 0.15) is 15.9 Å². The van der Waals surface area contributed by atoms with E-state index in [0.717, 1.165) is 0 Å². The predicted molar refractivity (Wildman–Crippen MR) is 52.9 cm³/mol. The number of rotatable bonds is 1. The number of amides is 1. The van der Waals surface area contributed by atoms with Crippen molar-refractivity contribution in [2.45, 2.75) is 0 Å². The van der Waals surface area contributed by atoms with Gasteiger partial charge >= 0.3 is 0 Å². The summed E-state index contributed by atoms with van der Waals surface area (Å²) >= 11 is 5.73. The van der Waals surface area contributed by atoms with E-state index in [4.69, 9.17) is 17.3 Å². The summed E-state index contributed by atoms with van der Waals surface area (Å²) in [6.07, 6.45) is 0.646. The Kier molecular flexibility index (Phi) is 3.27. The Balaban J connectivity index is 3.05. The summed E-state index contributed by atoms with van der Waals surface area (Å²) in [5.41, 5.74) is 5.76. The van der Waals surface area contributed by atoms with Gasteiger partial charge in [0, 0.05) is 11.1 Å². The number of hydrogen-bond donors (Lipinski definition) is 1. The molecule has 14 heavy (non-hydrogen) atoms. The zero-order valence-corrected chi connectivity index (χ0v) is 7.84. The summed E-state index contributed by atoms with van der Waals surface area (Å²) < 4.78 is 0. The largest absolute Gasteiger partial charge is 0.359 e. The van der Waals surface area contributed by atoms with Crippen molar-refractivity contribution in [3.63, 3.8) is 0 Å². The van der Waals surface area contributed by atoms with Crippen molar-refractivity contribution in [1.82, 2.24) is 0 Å². The second-order valence-electron chi connectivity index (χ2n) is 2.47. The van der Waals surface area contributed by atoms with Crippen LogP contribution in [0.3, 0.4) is 0 Å². The SMILES string of the molecule is NC(=O)C#Cc1ccc(C=O)c(Cl)c1. The van der Waals surface area contributed by atoms with Crippen LogP contribution in [0.2, 0.25) is 5.02 Å². The van der Waals surface area contributed by atoms with Gasteiger partial charge in [-0.15, -0.1) is 0 Å². The van der Waals surface area contributed by atoms with Crippen LogP contribution in [0, 0.1) is 11.8 Å². The summed E-state index contributed by atoms with van der Waals surface area (Å²) in [6.45, 7) is 0. The second-order valence-corrected chi connectivity index (χ2v) is 2.88. The van der Waals surface area contributed by atoms with Crippen molar-refractivity contribution in [3.8, 4) is 11.8 Å². The molecule has 0 aromatic heterocycles. The fraction of sp³-hybridized carbons (Fsp3) is 0. The first kappa shape index (κ1) is 10.3. The average Bonchev–Trinajstić information content (AvgIpc) is 2.15. The Morgan fingerprint density at radius 3 is 2.71 bits per heavy atom. The molecule has 0 unspecified atom stereocenters. The summed E-state index contributed by atoms with van der Waals surface area (Å²) in [4.78, 5) is 20.8. The number of carbonyl (C=O) groups excluding carboxylic acids is 2. The van der Waals surface area contributed by atoms with Crippen LogP contribution in [-0.2, 0) is 4.79 Å². The molecular formula is C10H6ClNO2. The topological polar surface area (TPSA) is 60.2 Å². The molecule has 0 atom stereocenters. The first-order valence-corrected chi connectivity index (χ1v) is 4.07. The van der Waals surface area contributed by atoms with Crippen molar-refractivity contribution in [1.29, 1.82) is 0 Å². The lowest BCUT2D eigenvalue weighted by atomic mass is 10.1. The first-order chi connectivity index (χ1) is 6.63. The highest BCUT2D eigenvalue weighted by Gasteiger charge is 1.98. The number of nitrogens with two attached hydrogens (primary N) is 1. The van der Waals surface area contributed by atoms with Crippen LogP contribution in [-0.4, -0.2) is 12.2 Å².